The predicted octanol–water partition coefficient (Wildman–Crippen LogP) is 2.80. The number of carboxylic acids is 1. The molecule has 0 saturated carbocycles. The van der Waals surface area contributed by atoms with E-state index in [0.29, 0.717) is 24.7 Å². The minimum Gasteiger partial charge on any atom is -0.492 e. The molecule has 0 aliphatic carbocycles. The number of benzene rings is 2. The summed E-state index contributed by atoms with van der Waals surface area (Å²) in [6.45, 7) is 0.823. The van der Waals surface area contributed by atoms with E-state index in [0.717, 1.165) is 16.8 Å². The first-order valence-electron chi connectivity index (χ1n) is 8.24. The highest BCUT2D eigenvalue weighted by molar-refractivity contribution is 5.68. The lowest BCUT2D eigenvalue weighted by Gasteiger charge is -2.09. The maximum Gasteiger partial charge on any atom is 0.304 e. The highest BCUT2D eigenvalue weighted by atomic mass is 16.5. The Kier molecular flexibility index (Phi) is 4.27. The fraction of sp³-hybridized carbons (Fsp3) is 0.211. The molecule has 1 unspecified atom stereocenters. The molecule has 0 radical (unpaired) electrons. The monoisotopic (exact) mass is 351 g/mol. The number of aromatic nitrogens is 3. The molecule has 7 nitrogen and oxygen atoms in total. The molecule has 132 valence electrons. The number of rotatable bonds is 6. The SMILES string of the molecule is O=C(O)CC1COc2cc(OCc3ccc(-n4cncn4)cc3)ccc21. The summed E-state index contributed by atoms with van der Waals surface area (Å²) in [5, 5.41) is 13.0. The molecule has 0 fully saturated rings. The minimum absolute atomic E-state index is 0.0747. The zero-order valence-electron chi connectivity index (χ0n) is 13.9. The van der Waals surface area contributed by atoms with Crippen LogP contribution in [0.2, 0.25) is 0 Å². The van der Waals surface area contributed by atoms with E-state index in [2.05, 4.69) is 10.1 Å². The fourth-order valence-corrected chi connectivity index (χ4v) is 2.98. The number of aliphatic carboxylic acids is 1. The first-order chi connectivity index (χ1) is 12.7. The van der Waals surface area contributed by atoms with Gasteiger partial charge in [-0.25, -0.2) is 9.67 Å². The largest absolute Gasteiger partial charge is 0.492 e. The van der Waals surface area contributed by atoms with Gasteiger partial charge in [0.25, 0.3) is 0 Å². The molecule has 2 aromatic carbocycles. The van der Waals surface area contributed by atoms with Gasteiger partial charge in [0.2, 0.25) is 0 Å². The van der Waals surface area contributed by atoms with Crippen LogP contribution in [-0.4, -0.2) is 32.4 Å². The quantitative estimate of drug-likeness (QED) is 0.735. The molecule has 0 saturated heterocycles. The van der Waals surface area contributed by atoms with Gasteiger partial charge in [-0.3, -0.25) is 4.79 Å². The third kappa shape index (κ3) is 3.37. The average molecular weight is 351 g/mol. The van der Waals surface area contributed by atoms with Gasteiger partial charge in [-0.2, -0.15) is 5.10 Å². The van der Waals surface area contributed by atoms with Crippen LogP contribution in [0.15, 0.2) is 55.1 Å². The van der Waals surface area contributed by atoms with E-state index in [1.54, 1.807) is 11.0 Å². The number of nitrogens with zero attached hydrogens (tertiary/aromatic N) is 3. The van der Waals surface area contributed by atoms with Gasteiger partial charge in [-0.1, -0.05) is 18.2 Å². The highest BCUT2D eigenvalue weighted by Crippen LogP contribution is 2.38. The van der Waals surface area contributed by atoms with Crippen molar-refractivity contribution in [3.63, 3.8) is 0 Å². The van der Waals surface area contributed by atoms with Crippen LogP contribution in [-0.2, 0) is 11.4 Å². The van der Waals surface area contributed by atoms with Gasteiger partial charge in [0.1, 0.15) is 30.8 Å². The Hall–Kier alpha value is -3.35. The van der Waals surface area contributed by atoms with Crippen LogP contribution in [0.5, 0.6) is 11.5 Å². The molecule has 1 aliphatic heterocycles. The molecule has 7 heteroatoms. The minimum atomic E-state index is -0.818. The molecule has 1 aromatic heterocycles. The van der Waals surface area contributed by atoms with Crippen molar-refractivity contribution < 1.29 is 19.4 Å². The molecule has 4 rings (SSSR count). The van der Waals surface area contributed by atoms with Crippen molar-refractivity contribution in [2.75, 3.05) is 6.61 Å². The van der Waals surface area contributed by atoms with Crippen LogP contribution >= 0.6 is 0 Å². The van der Waals surface area contributed by atoms with Crippen molar-refractivity contribution in [3.05, 3.63) is 66.2 Å². The van der Waals surface area contributed by atoms with Gasteiger partial charge in [0, 0.05) is 17.5 Å². The third-order valence-electron chi connectivity index (χ3n) is 4.31. The Labute approximate surface area is 149 Å². The third-order valence-corrected chi connectivity index (χ3v) is 4.31. The Bertz CT molecular complexity index is 907. The summed E-state index contributed by atoms with van der Waals surface area (Å²) in [6, 6.07) is 13.4. The van der Waals surface area contributed by atoms with Gasteiger partial charge < -0.3 is 14.6 Å². The number of hydrogen-bond acceptors (Lipinski definition) is 5. The summed E-state index contributed by atoms with van der Waals surface area (Å²) < 4.78 is 13.1. The number of carboxylic acid groups (broad SMARTS) is 1. The standard InChI is InChI=1S/C19H17N3O4/c23-19(24)7-14-10-26-18-8-16(5-6-17(14)18)25-9-13-1-3-15(4-2-13)22-12-20-11-21-22/h1-6,8,11-12,14H,7,9-10H2,(H,23,24). The van der Waals surface area contributed by atoms with Gasteiger partial charge >= 0.3 is 5.97 Å². The van der Waals surface area contributed by atoms with Crippen LogP contribution in [0.25, 0.3) is 5.69 Å². The zero-order valence-corrected chi connectivity index (χ0v) is 13.9. The van der Waals surface area contributed by atoms with Gasteiger partial charge in [-0.05, 0) is 23.8 Å². The van der Waals surface area contributed by atoms with Crippen LogP contribution in [0.4, 0.5) is 0 Å². The second-order valence-corrected chi connectivity index (χ2v) is 6.10. The van der Waals surface area contributed by atoms with E-state index >= 15 is 0 Å². The Morgan fingerprint density at radius 2 is 2.12 bits per heavy atom. The molecule has 2 heterocycles. The summed E-state index contributed by atoms with van der Waals surface area (Å²) in [5.41, 5.74) is 2.89. The molecule has 1 atom stereocenters. The van der Waals surface area contributed by atoms with Crippen molar-refractivity contribution in [1.82, 2.24) is 14.8 Å². The lowest BCUT2D eigenvalue weighted by atomic mass is 9.98. The normalized spacial score (nSPS) is 15.3. The van der Waals surface area contributed by atoms with E-state index in [-0.39, 0.29) is 12.3 Å². The van der Waals surface area contributed by atoms with Gasteiger partial charge in [0.15, 0.2) is 0 Å². The number of fused-ring (bicyclic) bond motifs is 1. The first-order valence-corrected chi connectivity index (χ1v) is 8.24. The van der Waals surface area contributed by atoms with E-state index < -0.39 is 5.97 Å². The van der Waals surface area contributed by atoms with Crippen LogP contribution in [0, 0.1) is 0 Å². The van der Waals surface area contributed by atoms with Crippen molar-refractivity contribution in [3.8, 4) is 17.2 Å². The van der Waals surface area contributed by atoms with Crippen LogP contribution in [0.1, 0.15) is 23.5 Å². The summed E-state index contributed by atoms with van der Waals surface area (Å²) in [4.78, 5) is 14.8. The molecule has 1 N–H and O–H groups in total. The first kappa shape index (κ1) is 16.1. The lowest BCUT2D eigenvalue weighted by molar-refractivity contribution is -0.137. The molecular formula is C19H17N3O4. The average Bonchev–Trinajstić information content (AvgIpc) is 3.30. The summed E-state index contributed by atoms with van der Waals surface area (Å²) in [5.74, 6) is 0.484. The van der Waals surface area contributed by atoms with Crippen molar-refractivity contribution in [1.29, 1.82) is 0 Å². The smallest absolute Gasteiger partial charge is 0.304 e. The van der Waals surface area contributed by atoms with Crippen molar-refractivity contribution >= 4 is 5.97 Å². The molecule has 26 heavy (non-hydrogen) atoms. The molecule has 3 aromatic rings. The summed E-state index contributed by atoms with van der Waals surface area (Å²) in [6.07, 6.45) is 3.22. The van der Waals surface area contributed by atoms with Crippen molar-refractivity contribution in [2.45, 2.75) is 18.9 Å². The second kappa shape index (κ2) is 6.87. The van der Waals surface area contributed by atoms with Crippen LogP contribution < -0.4 is 9.47 Å². The second-order valence-electron chi connectivity index (χ2n) is 6.10. The summed E-state index contributed by atoms with van der Waals surface area (Å²) >= 11 is 0. The Balaban J connectivity index is 1.40. The predicted molar refractivity (Wildman–Crippen MR) is 92.6 cm³/mol. The van der Waals surface area contributed by atoms with Crippen molar-refractivity contribution in [2.24, 2.45) is 0 Å². The van der Waals surface area contributed by atoms with E-state index in [1.165, 1.54) is 6.33 Å². The van der Waals surface area contributed by atoms with Gasteiger partial charge in [0.05, 0.1) is 18.7 Å². The maximum atomic E-state index is 10.9. The fourth-order valence-electron chi connectivity index (χ4n) is 2.98. The molecule has 0 spiro atoms. The summed E-state index contributed by atoms with van der Waals surface area (Å²) in [7, 11) is 0. The molecule has 1 aliphatic rings. The number of ether oxygens (including phenoxy) is 2. The number of carbonyl (C=O) groups is 1. The molecule has 0 amide bonds. The lowest BCUT2D eigenvalue weighted by Crippen LogP contribution is -2.07. The Morgan fingerprint density at radius 1 is 1.27 bits per heavy atom. The molecular weight excluding hydrogens is 334 g/mol. The van der Waals surface area contributed by atoms with E-state index in [1.807, 2.05) is 42.5 Å². The molecule has 0 bridgehead atoms. The van der Waals surface area contributed by atoms with Crippen LogP contribution in [0.3, 0.4) is 0 Å². The van der Waals surface area contributed by atoms with E-state index in [4.69, 9.17) is 14.6 Å². The maximum absolute atomic E-state index is 10.9. The highest BCUT2D eigenvalue weighted by Gasteiger charge is 2.26. The Morgan fingerprint density at radius 3 is 2.85 bits per heavy atom. The van der Waals surface area contributed by atoms with Gasteiger partial charge in [-0.15, -0.1) is 0 Å². The zero-order chi connectivity index (χ0) is 17.9. The topological polar surface area (TPSA) is 86.5 Å². The number of hydrogen-bond donors (Lipinski definition) is 1. The van der Waals surface area contributed by atoms with E-state index in [9.17, 15) is 4.79 Å².